The zero-order valence-corrected chi connectivity index (χ0v) is 13.7. The Hall–Kier alpha value is -2.37. The number of alkyl carbamates (subject to hydrolysis) is 1. The van der Waals surface area contributed by atoms with Crippen molar-refractivity contribution < 1.29 is 19.1 Å². The molecule has 1 aromatic rings. The van der Waals surface area contributed by atoms with Crippen molar-refractivity contribution in [1.82, 2.24) is 5.32 Å². The van der Waals surface area contributed by atoms with Crippen LogP contribution in [0.5, 0.6) is 0 Å². The van der Waals surface area contributed by atoms with Crippen LogP contribution in [-0.2, 0) is 9.47 Å². The predicted octanol–water partition coefficient (Wildman–Crippen LogP) is 3.90. The highest BCUT2D eigenvalue weighted by atomic mass is 16.6. The fourth-order valence-corrected chi connectivity index (χ4v) is 1.63. The average molecular weight is 320 g/mol. The van der Waals surface area contributed by atoms with Crippen molar-refractivity contribution in [2.75, 3.05) is 13.2 Å². The molecule has 1 N–H and O–H groups in total. The van der Waals surface area contributed by atoms with Gasteiger partial charge in [-0.2, -0.15) is 4.99 Å². The monoisotopic (exact) mass is 320 g/mol. The lowest BCUT2D eigenvalue weighted by molar-refractivity contribution is 0.149. The largest absolute Gasteiger partial charge is 0.449 e. The fraction of sp³-hybridized carbons (Fsp3) is 0.471. The molecular weight excluding hydrogens is 296 g/mol. The Labute approximate surface area is 136 Å². The second-order valence-electron chi connectivity index (χ2n) is 4.91. The lowest BCUT2D eigenvalue weighted by atomic mass is 10.2. The molecule has 126 valence electrons. The third kappa shape index (κ3) is 7.99. The van der Waals surface area contributed by atoms with Gasteiger partial charge >= 0.3 is 12.2 Å². The predicted molar refractivity (Wildman–Crippen MR) is 88.6 cm³/mol. The molecular formula is C17H24N2O4. The van der Waals surface area contributed by atoms with E-state index in [1.54, 1.807) is 24.3 Å². The van der Waals surface area contributed by atoms with Crippen molar-refractivity contribution in [3.8, 4) is 0 Å². The van der Waals surface area contributed by atoms with Gasteiger partial charge in [0.05, 0.1) is 13.2 Å². The Balaban J connectivity index is 2.73. The van der Waals surface area contributed by atoms with Crippen LogP contribution >= 0.6 is 0 Å². The van der Waals surface area contributed by atoms with Gasteiger partial charge in [0, 0.05) is 5.56 Å². The fourth-order valence-electron chi connectivity index (χ4n) is 1.63. The van der Waals surface area contributed by atoms with Gasteiger partial charge in [-0.15, -0.1) is 0 Å². The van der Waals surface area contributed by atoms with Gasteiger partial charge in [0.1, 0.15) is 5.84 Å². The normalized spacial score (nSPS) is 11.0. The second kappa shape index (κ2) is 11.2. The summed E-state index contributed by atoms with van der Waals surface area (Å²) in [6, 6.07) is 8.89. The number of carbonyl (C=O) groups is 2. The first-order chi connectivity index (χ1) is 11.2. The number of nitrogens with one attached hydrogen (secondary N) is 1. The molecule has 1 aromatic carbocycles. The van der Waals surface area contributed by atoms with E-state index in [9.17, 15) is 9.59 Å². The first-order valence-corrected chi connectivity index (χ1v) is 7.92. The minimum absolute atomic E-state index is 0.119. The van der Waals surface area contributed by atoms with E-state index in [0.29, 0.717) is 18.8 Å². The van der Waals surface area contributed by atoms with Gasteiger partial charge in [-0.1, -0.05) is 57.0 Å². The number of nitrogens with zero attached hydrogens (tertiary/aromatic N) is 1. The Morgan fingerprint density at radius 2 is 1.61 bits per heavy atom. The topological polar surface area (TPSA) is 77.0 Å². The molecule has 0 saturated carbocycles. The molecule has 6 heteroatoms. The highest BCUT2D eigenvalue weighted by molar-refractivity contribution is 6.09. The molecule has 0 aliphatic rings. The van der Waals surface area contributed by atoms with Crippen molar-refractivity contribution in [3.05, 3.63) is 35.9 Å². The molecule has 1 rings (SSSR count). The number of benzene rings is 1. The van der Waals surface area contributed by atoms with E-state index in [4.69, 9.17) is 9.47 Å². The number of hydrogen-bond acceptors (Lipinski definition) is 4. The van der Waals surface area contributed by atoms with E-state index in [-0.39, 0.29) is 5.84 Å². The van der Waals surface area contributed by atoms with Crippen molar-refractivity contribution in [3.63, 3.8) is 0 Å². The van der Waals surface area contributed by atoms with Crippen LogP contribution in [0.2, 0.25) is 0 Å². The lowest BCUT2D eigenvalue weighted by Crippen LogP contribution is -2.33. The van der Waals surface area contributed by atoms with Crippen LogP contribution in [0.15, 0.2) is 35.3 Å². The van der Waals surface area contributed by atoms with Gasteiger partial charge in [-0.3, -0.25) is 5.32 Å². The summed E-state index contributed by atoms with van der Waals surface area (Å²) in [6.45, 7) is 4.64. The third-order valence-electron chi connectivity index (χ3n) is 2.93. The molecule has 0 saturated heterocycles. The highest BCUT2D eigenvalue weighted by Crippen LogP contribution is 2.02. The quantitative estimate of drug-likeness (QED) is 0.469. The summed E-state index contributed by atoms with van der Waals surface area (Å²) in [4.78, 5) is 27.3. The molecule has 0 heterocycles. The Morgan fingerprint density at radius 3 is 2.22 bits per heavy atom. The number of ether oxygens (including phenoxy) is 2. The van der Waals surface area contributed by atoms with Crippen LogP contribution in [0.4, 0.5) is 9.59 Å². The maximum absolute atomic E-state index is 11.8. The van der Waals surface area contributed by atoms with Crippen molar-refractivity contribution in [1.29, 1.82) is 0 Å². The Bertz CT molecular complexity index is 515. The molecule has 0 spiro atoms. The SMILES string of the molecule is CCCCOC(=O)N=C(NC(=O)OCCCC)c1ccccc1. The van der Waals surface area contributed by atoms with Crippen LogP contribution in [0.3, 0.4) is 0 Å². The maximum atomic E-state index is 11.8. The lowest BCUT2D eigenvalue weighted by Gasteiger charge is -2.09. The number of rotatable bonds is 7. The van der Waals surface area contributed by atoms with Crippen molar-refractivity contribution in [2.45, 2.75) is 39.5 Å². The van der Waals surface area contributed by atoms with E-state index in [1.165, 1.54) is 0 Å². The molecule has 0 fully saturated rings. The van der Waals surface area contributed by atoms with Gasteiger partial charge in [-0.25, -0.2) is 9.59 Å². The highest BCUT2D eigenvalue weighted by Gasteiger charge is 2.12. The Morgan fingerprint density at radius 1 is 1.00 bits per heavy atom. The van der Waals surface area contributed by atoms with Gasteiger partial charge in [0.2, 0.25) is 0 Å². The summed E-state index contributed by atoms with van der Waals surface area (Å²) in [6.07, 6.45) is 2.04. The first kappa shape index (κ1) is 18.7. The number of amides is 2. The summed E-state index contributed by atoms with van der Waals surface area (Å²) < 4.78 is 10.0. The number of carbonyl (C=O) groups excluding carboxylic acids is 2. The second-order valence-corrected chi connectivity index (χ2v) is 4.91. The third-order valence-corrected chi connectivity index (χ3v) is 2.93. The summed E-state index contributed by atoms with van der Waals surface area (Å²) >= 11 is 0. The minimum atomic E-state index is -0.730. The molecule has 0 aromatic heterocycles. The molecule has 0 aliphatic carbocycles. The zero-order valence-electron chi connectivity index (χ0n) is 13.7. The number of unbranched alkanes of at least 4 members (excludes halogenated alkanes) is 2. The molecule has 0 radical (unpaired) electrons. The van der Waals surface area contributed by atoms with Gasteiger partial charge in [-0.05, 0) is 12.8 Å². The standard InChI is InChI=1S/C17H24N2O4/c1-3-5-12-22-16(20)18-15(14-10-8-7-9-11-14)19-17(21)23-13-6-4-2/h7-11H,3-6,12-13H2,1-2H3,(H,18,19,20,21). The van der Waals surface area contributed by atoms with E-state index < -0.39 is 12.2 Å². The van der Waals surface area contributed by atoms with Gasteiger partial charge in [0.25, 0.3) is 0 Å². The molecule has 23 heavy (non-hydrogen) atoms. The number of aliphatic imine (C=N–C) groups is 1. The molecule has 0 atom stereocenters. The molecule has 6 nitrogen and oxygen atoms in total. The van der Waals surface area contributed by atoms with Crippen LogP contribution in [0, 0.1) is 0 Å². The molecule has 0 aliphatic heterocycles. The van der Waals surface area contributed by atoms with E-state index in [0.717, 1.165) is 25.7 Å². The average Bonchev–Trinajstić information content (AvgIpc) is 2.55. The van der Waals surface area contributed by atoms with Crippen LogP contribution in [0.1, 0.15) is 45.1 Å². The maximum Gasteiger partial charge on any atom is 0.435 e. The van der Waals surface area contributed by atoms with Gasteiger partial charge in [0.15, 0.2) is 0 Å². The van der Waals surface area contributed by atoms with E-state index in [1.807, 2.05) is 19.9 Å². The molecule has 2 amide bonds. The zero-order chi connectivity index (χ0) is 16.9. The van der Waals surface area contributed by atoms with Crippen molar-refractivity contribution in [2.24, 2.45) is 4.99 Å². The minimum Gasteiger partial charge on any atom is -0.449 e. The summed E-state index contributed by atoms with van der Waals surface area (Å²) in [5, 5.41) is 2.50. The number of amidine groups is 1. The summed E-state index contributed by atoms with van der Waals surface area (Å²) in [5.41, 5.74) is 0.604. The first-order valence-electron chi connectivity index (χ1n) is 7.92. The van der Waals surface area contributed by atoms with Crippen LogP contribution in [0.25, 0.3) is 0 Å². The van der Waals surface area contributed by atoms with Gasteiger partial charge < -0.3 is 9.47 Å². The van der Waals surface area contributed by atoms with E-state index in [2.05, 4.69) is 10.3 Å². The summed E-state index contributed by atoms with van der Waals surface area (Å²) in [7, 11) is 0. The van der Waals surface area contributed by atoms with E-state index >= 15 is 0 Å². The Kier molecular flexibility index (Phi) is 9.12. The van der Waals surface area contributed by atoms with Crippen LogP contribution < -0.4 is 5.32 Å². The molecule has 0 bridgehead atoms. The smallest absolute Gasteiger partial charge is 0.435 e. The number of hydrogen-bond donors (Lipinski definition) is 1. The van der Waals surface area contributed by atoms with Crippen LogP contribution in [-0.4, -0.2) is 31.2 Å². The molecule has 0 unspecified atom stereocenters. The van der Waals surface area contributed by atoms with Crippen molar-refractivity contribution >= 4 is 18.0 Å². The summed E-state index contributed by atoms with van der Waals surface area (Å²) in [5.74, 6) is 0.119.